The molecule has 0 bridgehead atoms. The van der Waals surface area contributed by atoms with Gasteiger partial charge in [0.05, 0.1) is 6.04 Å². The first-order valence-corrected chi connectivity index (χ1v) is 8.59. The first-order chi connectivity index (χ1) is 11.6. The summed E-state index contributed by atoms with van der Waals surface area (Å²) in [5.74, 6) is 0.217. The van der Waals surface area contributed by atoms with Crippen LogP contribution in [0.1, 0.15) is 28.4 Å². The number of aliphatic carboxylic acids is 1. The Bertz CT molecular complexity index is 745. The Hall–Kier alpha value is -2.47. The van der Waals surface area contributed by atoms with Gasteiger partial charge in [-0.2, -0.15) is 0 Å². The number of fused-ring (bicyclic) bond motifs is 1. The lowest BCUT2D eigenvalue weighted by atomic mass is 10.0. The first-order valence-electron chi connectivity index (χ1n) is 7.61. The van der Waals surface area contributed by atoms with Crippen molar-refractivity contribution in [2.45, 2.75) is 17.4 Å². The summed E-state index contributed by atoms with van der Waals surface area (Å²) < 4.78 is 5.06. The van der Waals surface area contributed by atoms with Gasteiger partial charge < -0.3 is 15.2 Å². The van der Waals surface area contributed by atoms with E-state index in [1.54, 1.807) is 24.3 Å². The van der Waals surface area contributed by atoms with Gasteiger partial charge in [0.15, 0.2) is 6.61 Å². The fourth-order valence-electron chi connectivity index (χ4n) is 2.58. The molecule has 3 rings (SSSR count). The quantitative estimate of drug-likeness (QED) is 0.872. The van der Waals surface area contributed by atoms with Crippen molar-refractivity contribution in [2.24, 2.45) is 0 Å². The molecule has 2 aromatic rings. The third-order valence-electron chi connectivity index (χ3n) is 3.74. The molecule has 5 nitrogen and oxygen atoms in total. The number of carbonyl (C=O) groups excluding carboxylic acids is 1. The standard InChI is InChI=1S/C18H17NO4S/c20-17(21)11-23-13-7-5-12(6-8-13)18(22)19-15-9-10-24-16-4-2-1-3-14(15)16/h1-8,15H,9-11H2,(H,19,22)(H,20,21). The van der Waals surface area contributed by atoms with Crippen LogP contribution in [0.2, 0.25) is 0 Å². The number of thioether (sulfide) groups is 1. The zero-order valence-electron chi connectivity index (χ0n) is 12.9. The van der Waals surface area contributed by atoms with E-state index in [0.29, 0.717) is 11.3 Å². The molecule has 24 heavy (non-hydrogen) atoms. The highest BCUT2D eigenvalue weighted by atomic mass is 32.2. The number of rotatable bonds is 5. The number of hydrogen-bond donors (Lipinski definition) is 2. The van der Waals surface area contributed by atoms with Crippen LogP contribution in [0.4, 0.5) is 0 Å². The molecule has 1 amide bonds. The topological polar surface area (TPSA) is 75.6 Å². The summed E-state index contributed by atoms with van der Waals surface area (Å²) >= 11 is 1.81. The average Bonchev–Trinajstić information content (AvgIpc) is 2.60. The van der Waals surface area contributed by atoms with Gasteiger partial charge >= 0.3 is 5.97 Å². The Labute approximate surface area is 144 Å². The van der Waals surface area contributed by atoms with Gasteiger partial charge in [-0.15, -0.1) is 11.8 Å². The van der Waals surface area contributed by atoms with E-state index >= 15 is 0 Å². The van der Waals surface area contributed by atoms with Crippen molar-refractivity contribution in [3.8, 4) is 5.75 Å². The molecule has 1 aliphatic heterocycles. The largest absolute Gasteiger partial charge is 0.482 e. The van der Waals surface area contributed by atoms with Crippen LogP contribution in [-0.4, -0.2) is 29.3 Å². The highest BCUT2D eigenvalue weighted by Gasteiger charge is 2.22. The first kappa shape index (κ1) is 16.4. The van der Waals surface area contributed by atoms with Crippen molar-refractivity contribution in [3.05, 3.63) is 59.7 Å². The van der Waals surface area contributed by atoms with Gasteiger partial charge in [0, 0.05) is 16.2 Å². The van der Waals surface area contributed by atoms with E-state index in [1.165, 1.54) is 4.90 Å². The molecular formula is C18H17NO4S. The normalized spacial score (nSPS) is 16.1. The van der Waals surface area contributed by atoms with Crippen molar-refractivity contribution in [3.63, 3.8) is 0 Å². The molecular weight excluding hydrogens is 326 g/mol. The van der Waals surface area contributed by atoms with Crippen molar-refractivity contribution in [1.29, 1.82) is 0 Å². The number of carbonyl (C=O) groups is 2. The van der Waals surface area contributed by atoms with E-state index in [-0.39, 0.29) is 11.9 Å². The van der Waals surface area contributed by atoms with Crippen molar-refractivity contribution in [2.75, 3.05) is 12.4 Å². The molecule has 0 saturated carbocycles. The highest BCUT2D eigenvalue weighted by molar-refractivity contribution is 7.99. The second-order valence-electron chi connectivity index (χ2n) is 5.41. The van der Waals surface area contributed by atoms with Crippen LogP contribution >= 0.6 is 11.8 Å². The van der Waals surface area contributed by atoms with Gasteiger partial charge in [-0.05, 0) is 42.3 Å². The highest BCUT2D eigenvalue weighted by Crippen LogP contribution is 2.35. The van der Waals surface area contributed by atoms with E-state index in [9.17, 15) is 9.59 Å². The molecule has 2 aromatic carbocycles. The van der Waals surface area contributed by atoms with E-state index in [1.807, 2.05) is 23.9 Å². The molecule has 1 heterocycles. The summed E-state index contributed by atoms with van der Waals surface area (Å²) in [5.41, 5.74) is 1.68. The SMILES string of the molecule is O=C(O)COc1ccc(C(=O)NC2CCSc3ccccc32)cc1. The summed E-state index contributed by atoms with van der Waals surface area (Å²) in [4.78, 5) is 24.1. The Balaban J connectivity index is 1.66. The molecule has 6 heteroatoms. The van der Waals surface area contributed by atoms with Gasteiger partial charge in [0.2, 0.25) is 0 Å². The molecule has 124 valence electrons. The molecule has 0 aromatic heterocycles. The summed E-state index contributed by atoms with van der Waals surface area (Å²) in [6.45, 7) is -0.401. The maximum Gasteiger partial charge on any atom is 0.341 e. The molecule has 1 aliphatic rings. The minimum Gasteiger partial charge on any atom is -0.482 e. The van der Waals surface area contributed by atoms with Crippen LogP contribution in [0, 0.1) is 0 Å². The van der Waals surface area contributed by atoms with E-state index in [0.717, 1.165) is 17.7 Å². The molecule has 0 radical (unpaired) electrons. The van der Waals surface area contributed by atoms with E-state index < -0.39 is 12.6 Å². The van der Waals surface area contributed by atoms with Crippen LogP contribution in [0.5, 0.6) is 5.75 Å². The third-order valence-corrected chi connectivity index (χ3v) is 4.87. The number of carboxylic acid groups (broad SMARTS) is 1. The van der Waals surface area contributed by atoms with Gasteiger partial charge in [-0.3, -0.25) is 4.79 Å². The number of benzene rings is 2. The number of carboxylic acids is 1. The lowest BCUT2D eigenvalue weighted by molar-refractivity contribution is -0.139. The Kier molecular flexibility index (Phi) is 5.05. The summed E-state index contributed by atoms with van der Waals surface area (Å²) in [7, 11) is 0. The number of amides is 1. The lowest BCUT2D eigenvalue weighted by Crippen LogP contribution is -2.30. The van der Waals surface area contributed by atoms with E-state index in [4.69, 9.17) is 9.84 Å². The molecule has 0 fully saturated rings. The van der Waals surface area contributed by atoms with Gasteiger partial charge in [-0.1, -0.05) is 18.2 Å². The Morgan fingerprint density at radius 3 is 2.67 bits per heavy atom. The predicted octanol–water partition coefficient (Wildman–Crippen LogP) is 3.12. The maximum absolute atomic E-state index is 12.4. The van der Waals surface area contributed by atoms with Gasteiger partial charge in [-0.25, -0.2) is 4.79 Å². The second-order valence-corrected chi connectivity index (χ2v) is 6.54. The van der Waals surface area contributed by atoms with Crippen molar-refractivity contribution in [1.82, 2.24) is 5.32 Å². The molecule has 0 spiro atoms. The molecule has 1 atom stereocenters. The summed E-state index contributed by atoms with van der Waals surface area (Å²) in [6.07, 6.45) is 0.896. The number of hydrogen-bond acceptors (Lipinski definition) is 4. The number of ether oxygens (including phenoxy) is 1. The Morgan fingerprint density at radius 1 is 1.17 bits per heavy atom. The monoisotopic (exact) mass is 343 g/mol. The average molecular weight is 343 g/mol. The molecule has 2 N–H and O–H groups in total. The van der Waals surface area contributed by atoms with Crippen LogP contribution < -0.4 is 10.1 Å². The van der Waals surface area contributed by atoms with Crippen LogP contribution in [0.25, 0.3) is 0 Å². The number of nitrogens with one attached hydrogen (secondary N) is 1. The molecule has 0 saturated heterocycles. The molecule has 1 unspecified atom stereocenters. The minimum absolute atomic E-state index is 0.0119. The Morgan fingerprint density at radius 2 is 1.92 bits per heavy atom. The summed E-state index contributed by atoms with van der Waals surface area (Å²) in [6, 6.07) is 14.6. The lowest BCUT2D eigenvalue weighted by Gasteiger charge is -2.25. The zero-order chi connectivity index (χ0) is 16.9. The maximum atomic E-state index is 12.4. The third kappa shape index (κ3) is 3.89. The van der Waals surface area contributed by atoms with Gasteiger partial charge in [0.1, 0.15) is 5.75 Å². The van der Waals surface area contributed by atoms with Crippen molar-refractivity contribution >= 4 is 23.6 Å². The second kappa shape index (κ2) is 7.40. The van der Waals surface area contributed by atoms with Crippen molar-refractivity contribution < 1.29 is 19.4 Å². The van der Waals surface area contributed by atoms with Gasteiger partial charge in [0.25, 0.3) is 5.91 Å². The minimum atomic E-state index is -1.04. The fourth-order valence-corrected chi connectivity index (χ4v) is 3.71. The van der Waals surface area contributed by atoms with Crippen LogP contribution in [-0.2, 0) is 4.79 Å². The van der Waals surface area contributed by atoms with Crippen LogP contribution in [0.15, 0.2) is 53.4 Å². The molecule has 0 aliphatic carbocycles. The fraction of sp³-hybridized carbons (Fsp3) is 0.222. The zero-order valence-corrected chi connectivity index (χ0v) is 13.7. The predicted molar refractivity (Wildman–Crippen MR) is 91.6 cm³/mol. The smallest absolute Gasteiger partial charge is 0.341 e. The van der Waals surface area contributed by atoms with E-state index in [2.05, 4.69) is 17.4 Å². The van der Waals surface area contributed by atoms with Crippen LogP contribution in [0.3, 0.4) is 0 Å². The summed E-state index contributed by atoms with van der Waals surface area (Å²) in [5, 5.41) is 11.7.